The van der Waals surface area contributed by atoms with Crippen LogP contribution in [0, 0.1) is 0 Å². The number of alkyl halides is 3. The van der Waals surface area contributed by atoms with Gasteiger partial charge in [-0.15, -0.1) is 0 Å². The molecule has 2 aromatic carbocycles. The number of urea groups is 1. The van der Waals surface area contributed by atoms with Crippen LogP contribution in [0.1, 0.15) is 11.1 Å². The van der Waals surface area contributed by atoms with Crippen molar-refractivity contribution in [3.8, 4) is 5.75 Å². The molecule has 9 heteroatoms. The van der Waals surface area contributed by atoms with Gasteiger partial charge in [-0.2, -0.15) is 13.2 Å². The fraction of sp³-hybridized carbons (Fsp3) is 0.263. The summed E-state index contributed by atoms with van der Waals surface area (Å²) in [6, 6.07) is 13.1. The first-order valence-corrected chi connectivity index (χ1v) is 8.35. The van der Waals surface area contributed by atoms with Crippen LogP contribution < -0.4 is 20.7 Å². The molecule has 0 unspecified atom stereocenters. The minimum absolute atomic E-state index is 0.181. The Balaban J connectivity index is 1.77. The SMILES string of the molecule is COc1ccc(CNC(=O)Nc2ccc(CC(=O)NCC(F)(F)F)cc2)cc1. The van der Waals surface area contributed by atoms with Crippen LogP contribution >= 0.6 is 0 Å². The number of hydrogen-bond donors (Lipinski definition) is 3. The zero-order valence-electron chi connectivity index (χ0n) is 15.1. The Morgan fingerprint density at radius 2 is 1.54 bits per heavy atom. The lowest BCUT2D eigenvalue weighted by Gasteiger charge is -2.10. The van der Waals surface area contributed by atoms with Crippen molar-refractivity contribution in [2.75, 3.05) is 19.0 Å². The van der Waals surface area contributed by atoms with Crippen molar-refractivity contribution < 1.29 is 27.5 Å². The third-order valence-electron chi connectivity index (χ3n) is 3.67. The van der Waals surface area contributed by atoms with E-state index in [1.54, 1.807) is 48.8 Å². The minimum Gasteiger partial charge on any atom is -0.497 e. The molecule has 0 spiro atoms. The fourth-order valence-electron chi connectivity index (χ4n) is 2.25. The van der Waals surface area contributed by atoms with Crippen LogP contribution in [-0.4, -0.2) is 31.8 Å². The lowest BCUT2D eigenvalue weighted by atomic mass is 10.1. The number of amides is 3. The maximum absolute atomic E-state index is 12.1. The molecular weight excluding hydrogens is 375 g/mol. The Labute approximate surface area is 160 Å². The summed E-state index contributed by atoms with van der Waals surface area (Å²) >= 11 is 0. The monoisotopic (exact) mass is 395 g/mol. The third-order valence-corrected chi connectivity index (χ3v) is 3.67. The maximum atomic E-state index is 12.1. The van der Waals surface area contributed by atoms with E-state index in [0.29, 0.717) is 17.8 Å². The Bertz CT molecular complexity index is 791. The van der Waals surface area contributed by atoms with Crippen LogP contribution in [0.2, 0.25) is 0 Å². The molecule has 3 amide bonds. The summed E-state index contributed by atoms with van der Waals surface area (Å²) in [5, 5.41) is 7.14. The number of nitrogens with one attached hydrogen (secondary N) is 3. The van der Waals surface area contributed by atoms with E-state index in [2.05, 4.69) is 10.6 Å². The van der Waals surface area contributed by atoms with Gasteiger partial charge in [-0.25, -0.2) is 4.79 Å². The molecule has 0 atom stereocenters. The van der Waals surface area contributed by atoms with Crippen LogP contribution in [0.5, 0.6) is 5.75 Å². The van der Waals surface area contributed by atoms with Gasteiger partial charge < -0.3 is 20.7 Å². The van der Waals surface area contributed by atoms with E-state index in [0.717, 1.165) is 11.3 Å². The molecule has 2 aromatic rings. The lowest BCUT2D eigenvalue weighted by Crippen LogP contribution is -2.34. The average Bonchev–Trinajstić information content (AvgIpc) is 2.66. The smallest absolute Gasteiger partial charge is 0.405 e. The van der Waals surface area contributed by atoms with Gasteiger partial charge >= 0.3 is 12.2 Å². The highest BCUT2D eigenvalue weighted by Gasteiger charge is 2.27. The van der Waals surface area contributed by atoms with Gasteiger partial charge in [0.25, 0.3) is 0 Å². The summed E-state index contributed by atoms with van der Waals surface area (Å²) in [5.74, 6) is -0.00403. The second-order valence-electron chi connectivity index (χ2n) is 5.92. The molecule has 3 N–H and O–H groups in total. The Kier molecular flexibility index (Phi) is 7.25. The summed E-state index contributed by atoms with van der Waals surface area (Å²) in [4.78, 5) is 23.4. The number of carbonyl (C=O) groups excluding carboxylic acids is 2. The normalized spacial score (nSPS) is 10.9. The number of benzene rings is 2. The molecule has 6 nitrogen and oxygen atoms in total. The molecule has 0 aromatic heterocycles. The van der Waals surface area contributed by atoms with E-state index in [-0.39, 0.29) is 6.42 Å². The molecule has 0 fully saturated rings. The van der Waals surface area contributed by atoms with Gasteiger partial charge in [0.05, 0.1) is 13.5 Å². The van der Waals surface area contributed by atoms with E-state index >= 15 is 0 Å². The second kappa shape index (κ2) is 9.63. The summed E-state index contributed by atoms with van der Waals surface area (Å²) in [6.07, 6.45) is -4.62. The van der Waals surface area contributed by atoms with Crippen molar-refractivity contribution in [3.63, 3.8) is 0 Å². The average molecular weight is 395 g/mol. The van der Waals surface area contributed by atoms with Gasteiger partial charge in [0.2, 0.25) is 5.91 Å². The Hall–Kier alpha value is -3.23. The van der Waals surface area contributed by atoms with Crippen molar-refractivity contribution >= 4 is 17.6 Å². The van der Waals surface area contributed by atoms with Crippen LogP contribution in [0.25, 0.3) is 0 Å². The summed E-state index contributed by atoms with van der Waals surface area (Å²) < 4.78 is 41.3. The van der Waals surface area contributed by atoms with Crippen LogP contribution in [0.4, 0.5) is 23.7 Å². The van der Waals surface area contributed by atoms with Crippen molar-refractivity contribution in [2.24, 2.45) is 0 Å². The van der Waals surface area contributed by atoms with Gasteiger partial charge in [0.15, 0.2) is 0 Å². The number of rotatable bonds is 7. The fourth-order valence-corrected chi connectivity index (χ4v) is 2.25. The molecule has 150 valence electrons. The largest absolute Gasteiger partial charge is 0.497 e. The molecule has 0 saturated carbocycles. The Morgan fingerprint density at radius 3 is 2.11 bits per heavy atom. The van der Waals surface area contributed by atoms with Gasteiger partial charge in [0.1, 0.15) is 12.3 Å². The highest BCUT2D eigenvalue weighted by atomic mass is 19.4. The quantitative estimate of drug-likeness (QED) is 0.674. The van der Waals surface area contributed by atoms with Crippen molar-refractivity contribution in [3.05, 3.63) is 59.7 Å². The van der Waals surface area contributed by atoms with Gasteiger partial charge in [-0.1, -0.05) is 24.3 Å². The topological polar surface area (TPSA) is 79.5 Å². The van der Waals surface area contributed by atoms with E-state index < -0.39 is 24.7 Å². The predicted octanol–water partition coefficient (Wildman–Crippen LogP) is 3.24. The summed E-state index contributed by atoms with van der Waals surface area (Å²) in [7, 11) is 1.57. The van der Waals surface area contributed by atoms with E-state index in [1.807, 2.05) is 12.1 Å². The highest BCUT2D eigenvalue weighted by molar-refractivity contribution is 5.89. The van der Waals surface area contributed by atoms with E-state index in [1.165, 1.54) is 0 Å². The van der Waals surface area contributed by atoms with Gasteiger partial charge in [-0.3, -0.25) is 4.79 Å². The molecule has 2 rings (SSSR count). The standard InChI is InChI=1S/C19H20F3N3O3/c1-28-16-8-4-14(5-9-16)11-23-18(27)25-15-6-2-13(3-7-15)10-17(26)24-12-19(20,21)22/h2-9H,10-12H2,1H3,(H,24,26)(H2,23,25,27). The lowest BCUT2D eigenvalue weighted by molar-refractivity contribution is -0.138. The molecule has 0 aliphatic heterocycles. The van der Waals surface area contributed by atoms with Gasteiger partial charge in [0, 0.05) is 12.2 Å². The molecule has 28 heavy (non-hydrogen) atoms. The van der Waals surface area contributed by atoms with Crippen molar-refractivity contribution in [1.82, 2.24) is 10.6 Å². The van der Waals surface area contributed by atoms with Crippen LogP contribution in [-0.2, 0) is 17.8 Å². The number of carbonyl (C=O) groups is 2. The first-order chi connectivity index (χ1) is 13.2. The Morgan fingerprint density at radius 1 is 0.929 bits per heavy atom. The van der Waals surface area contributed by atoms with E-state index in [4.69, 9.17) is 4.74 Å². The zero-order chi connectivity index (χ0) is 20.6. The van der Waals surface area contributed by atoms with Gasteiger partial charge in [-0.05, 0) is 35.4 Å². The molecule has 0 bridgehead atoms. The molecule has 0 aliphatic rings. The van der Waals surface area contributed by atoms with Crippen LogP contribution in [0.15, 0.2) is 48.5 Å². The van der Waals surface area contributed by atoms with Crippen molar-refractivity contribution in [1.29, 1.82) is 0 Å². The van der Waals surface area contributed by atoms with Crippen molar-refractivity contribution in [2.45, 2.75) is 19.1 Å². The number of anilines is 1. The molecule has 0 radical (unpaired) electrons. The molecular formula is C19H20F3N3O3. The van der Waals surface area contributed by atoms with E-state index in [9.17, 15) is 22.8 Å². The molecule has 0 saturated heterocycles. The highest BCUT2D eigenvalue weighted by Crippen LogP contribution is 2.14. The van der Waals surface area contributed by atoms with Crippen LogP contribution in [0.3, 0.4) is 0 Å². The maximum Gasteiger partial charge on any atom is 0.405 e. The molecule has 0 heterocycles. The minimum atomic E-state index is -4.44. The first kappa shape index (κ1) is 21.1. The number of halogens is 3. The summed E-state index contributed by atoms with van der Waals surface area (Å²) in [5.41, 5.74) is 1.92. The summed E-state index contributed by atoms with van der Waals surface area (Å²) in [6.45, 7) is -1.03. The number of ether oxygens (including phenoxy) is 1. The number of methoxy groups -OCH3 is 1. The predicted molar refractivity (Wildman–Crippen MR) is 98.1 cm³/mol. The zero-order valence-corrected chi connectivity index (χ0v) is 15.1. The third kappa shape index (κ3) is 7.56. The molecule has 0 aliphatic carbocycles. The second-order valence-corrected chi connectivity index (χ2v) is 5.92. The first-order valence-electron chi connectivity index (χ1n) is 8.35. The number of hydrogen-bond acceptors (Lipinski definition) is 3.